The quantitative estimate of drug-likeness (QED) is 0.768. The molecule has 0 bridgehead atoms. The van der Waals surface area contributed by atoms with Gasteiger partial charge in [-0.1, -0.05) is 13.8 Å². The minimum Gasteiger partial charge on any atom is -0.368 e. The highest BCUT2D eigenvalue weighted by Crippen LogP contribution is 2.25. The molecule has 0 amide bonds. The van der Waals surface area contributed by atoms with E-state index in [9.17, 15) is 0 Å². The largest absolute Gasteiger partial charge is 0.368 e. The van der Waals surface area contributed by atoms with Crippen LogP contribution in [0.4, 0.5) is 5.95 Å². The Hall–Kier alpha value is -1.95. The molecule has 0 spiro atoms. The van der Waals surface area contributed by atoms with E-state index in [-0.39, 0.29) is 5.95 Å². The summed E-state index contributed by atoms with van der Waals surface area (Å²) in [5.41, 5.74) is 6.77. The molecule has 92 valence electrons. The summed E-state index contributed by atoms with van der Waals surface area (Å²) in [5.74, 6) is 1.41. The van der Waals surface area contributed by atoms with E-state index in [2.05, 4.69) is 28.9 Å². The highest BCUT2D eigenvalue weighted by atomic mass is 32.1. The van der Waals surface area contributed by atoms with Crippen molar-refractivity contribution in [1.29, 1.82) is 0 Å². The zero-order valence-corrected chi connectivity index (χ0v) is 11.0. The second-order valence-corrected chi connectivity index (χ2v) is 5.28. The first kappa shape index (κ1) is 11.2. The number of hydrogen-bond donors (Lipinski definition) is 1. The molecule has 3 aromatic heterocycles. The molecule has 0 aliphatic rings. The van der Waals surface area contributed by atoms with Crippen LogP contribution in [-0.2, 0) is 0 Å². The lowest BCUT2D eigenvalue weighted by Gasteiger charge is -2.04. The van der Waals surface area contributed by atoms with Gasteiger partial charge in [-0.2, -0.15) is 10.1 Å². The summed E-state index contributed by atoms with van der Waals surface area (Å²) in [6, 6.07) is 3.99. The van der Waals surface area contributed by atoms with Crippen LogP contribution < -0.4 is 5.73 Å². The van der Waals surface area contributed by atoms with Gasteiger partial charge in [0.15, 0.2) is 5.82 Å². The second-order valence-electron chi connectivity index (χ2n) is 4.38. The number of nitrogens with two attached hydrogens (primary N) is 1. The van der Waals surface area contributed by atoms with Crippen LogP contribution in [0, 0.1) is 0 Å². The fraction of sp³-hybridized carbons (Fsp3) is 0.250. The number of anilines is 1. The third-order valence-electron chi connectivity index (χ3n) is 2.74. The van der Waals surface area contributed by atoms with Gasteiger partial charge in [0.1, 0.15) is 4.83 Å². The number of fused-ring (bicyclic) bond motifs is 1. The Bertz CT molecular complexity index is 697. The maximum Gasteiger partial charge on any atom is 0.223 e. The van der Waals surface area contributed by atoms with Crippen LogP contribution in [0.1, 0.15) is 25.5 Å². The lowest BCUT2D eigenvalue weighted by molar-refractivity contribution is 0.761. The summed E-state index contributed by atoms with van der Waals surface area (Å²) in [7, 11) is 0. The van der Waals surface area contributed by atoms with Crippen LogP contribution in [0.25, 0.3) is 16.0 Å². The number of rotatable bonds is 2. The zero-order chi connectivity index (χ0) is 12.7. The van der Waals surface area contributed by atoms with Gasteiger partial charge in [-0.15, -0.1) is 11.3 Å². The number of nitrogens with zero attached hydrogens (tertiary/aromatic N) is 4. The predicted molar refractivity (Wildman–Crippen MR) is 73.0 cm³/mol. The van der Waals surface area contributed by atoms with Crippen molar-refractivity contribution in [1.82, 2.24) is 19.7 Å². The van der Waals surface area contributed by atoms with Crippen molar-refractivity contribution < 1.29 is 0 Å². The van der Waals surface area contributed by atoms with E-state index < -0.39 is 0 Å². The van der Waals surface area contributed by atoms with E-state index in [1.165, 1.54) is 0 Å². The molecule has 6 heteroatoms. The van der Waals surface area contributed by atoms with Crippen LogP contribution in [0.15, 0.2) is 23.7 Å². The van der Waals surface area contributed by atoms with Crippen LogP contribution in [0.3, 0.4) is 0 Å². The van der Waals surface area contributed by atoms with Crippen molar-refractivity contribution in [3.8, 4) is 5.82 Å². The minimum absolute atomic E-state index is 0.279. The molecule has 0 unspecified atom stereocenters. The predicted octanol–water partition coefficient (Wildman–Crippen LogP) is 2.58. The highest BCUT2D eigenvalue weighted by Gasteiger charge is 2.11. The summed E-state index contributed by atoms with van der Waals surface area (Å²) < 4.78 is 1.77. The molecule has 0 aromatic carbocycles. The standard InChI is InChI=1S/C12H13N5S/c1-7(2)9-3-5-17(16-9)10-8-4-6-18-11(8)15-12(13)14-10/h3-7H,1-2H3,(H2,13,14,15). The number of hydrogen-bond acceptors (Lipinski definition) is 5. The van der Waals surface area contributed by atoms with E-state index >= 15 is 0 Å². The Kier molecular flexibility index (Phi) is 2.52. The smallest absolute Gasteiger partial charge is 0.223 e. The summed E-state index contributed by atoms with van der Waals surface area (Å²) in [6.07, 6.45) is 1.91. The molecule has 0 aliphatic heterocycles. The number of aromatic nitrogens is 4. The molecule has 0 atom stereocenters. The zero-order valence-electron chi connectivity index (χ0n) is 10.2. The van der Waals surface area contributed by atoms with E-state index in [0.29, 0.717) is 5.92 Å². The SMILES string of the molecule is CC(C)c1ccn(-c2nc(N)nc3sccc23)n1. The van der Waals surface area contributed by atoms with Crippen LogP contribution in [-0.4, -0.2) is 19.7 Å². The third kappa shape index (κ3) is 1.74. The van der Waals surface area contributed by atoms with E-state index in [0.717, 1.165) is 21.7 Å². The Labute approximate surface area is 108 Å². The molecule has 3 heterocycles. The van der Waals surface area contributed by atoms with Crippen LogP contribution in [0.2, 0.25) is 0 Å². The molecular weight excluding hydrogens is 246 g/mol. The van der Waals surface area contributed by atoms with Gasteiger partial charge in [0.2, 0.25) is 5.95 Å². The molecule has 0 radical (unpaired) electrons. The lowest BCUT2D eigenvalue weighted by Crippen LogP contribution is -2.04. The normalized spacial score (nSPS) is 11.5. The van der Waals surface area contributed by atoms with Gasteiger partial charge >= 0.3 is 0 Å². The molecule has 3 rings (SSSR count). The van der Waals surface area contributed by atoms with Gasteiger partial charge in [-0.25, -0.2) is 9.67 Å². The Balaban J connectivity index is 2.20. The Morgan fingerprint density at radius 1 is 1.28 bits per heavy atom. The van der Waals surface area contributed by atoms with E-state index in [4.69, 9.17) is 5.73 Å². The van der Waals surface area contributed by atoms with Crippen molar-refractivity contribution in [3.63, 3.8) is 0 Å². The molecule has 5 nitrogen and oxygen atoms in total. The van der Waals surface area contributed by atoms with Crippen LogP contribution in [0.5, 0.6) is 0 Å². The topological polar surface area (TPSA) is 69.6 Å². The molecule has 0 saturated carbocycles. The average molecular weight is 259 g/mol. The Morgan fingerprint density at radius 3 is 2.83 bits per heavy atom. The third-order valence-corrected chi connectivity index (χ3v) is 3.55. The van der Waals surface area contributed by atoms with Gasteiger partial charge < -0.3 is 5.73 Å². The van der Waals surface area contributed by atoms with Crippen molar-refractivity contribution in [2.24, 2.45) is 0 Å². The number of nitrogen functional groups attached to an aromatic ring is 1. The molecule has 2 N–H and O–H groups in total. The molecular formula is C12H13N5S. The first-order chi connectivity index (χ1) is 8.65. The van der Waals surface area contributed by atoms with Gasteiger partial charge in [-0.3, -0.25) is 0 Å². The average Bonchev–Trinajstić information content (AvgIpc) is 2.95. The van der Waals surface area contributed by atoms with E-state index in [1.54, 1.807) is 16.0 Å². The minimum atomic E-state index is 0.279. The fourth-order valence-electron chi connectivity index (χ4n) is 1.79. The van der Waals surface area contributed by atoms with Crippen LogP contribution >= 0.6 is 11.3 Å². The molecule has 0 aliphatic carbocycles. The first-order valence-corrected chi connectivity index (χ1v) is 6.60. The lowest BCUT2D eigenvalue weighted by atomic mass is 10.1. The van der Waals surface area contributed by atoms with Gasteiger partial charge in [0, 0.05) is 6.20 Å². The van der Waals surface area contributed by atoms with E-state index in [1.807, 2.05) is 23.7 Å². The van der Waals surface area contributed by atoms with Gasteiger partial charge in [0.25, 0.3) is 0 Å². The van der Waals surface area contributed by atoms with Gasteiger partial charge in [-0.05, 0) is 23.4 Å². The van der Waals surface area contributed by atoms with Crippen molar-refractivity contribution in [2.75, 3.05) is 5.73 Å². The molecule has 0 fully saturated rings. The summed E-state index contributed by atoms with van der Waals surface area (Å²) in [5, 5.41) is 7.49. The summed E-state index contributed by atoms with van der Waals surface area (Å²) in [4.78, 5) is 9.39. The van der Waals surface area contributed by atoms with Crippen molar-refractivity contribution >= 4 is 27.5 Å². The maximum atomic E-state index is 5.73. The number of thiophene rings is 1. The van der Waals surface area contributed by atoms with Gasteiger partial charge in [0.05, 0.1) is 11.1 Å². The second kappa shape index (κ2) is 4.06. The summed E-state index contributed by atoms with van der Waals surface area (Å²) in [6.45, 7) is 4.22. The monoisotopic (exact) mass is 259 g/mol. The first-order valence-electron chi connectivity index (χ1n) is 5.72. The maximum absolute atomic E-state index is 5.73. The Morgan fingerprint density at radius 2 is 2.11 bits per heavy atom. The molecule has 0 saturated heterocycles. The van der Waals surface area contributed by atoms with Crippen molar-refractivity contribution in [3.05, 3.63) is 29.4 Å². The molecule has 18 heavy (non-hydrogen) atoms. The highest BCUT2D eigenvalue weighted by molar-refractivity contribution is 7.16. The molecule has 3 aromatic rings. The van der Waals surface area contributed by atoms with Crippen molar-refractivity contribution in [2.45, 2.75) is 19.8 Å². The summed E-state index contributed by atoms with van der Waals surface area (Å²) >= 11 is 1.55. The fourth-order valence-corrected chi connectivity index (χ4v) is 2.56.